The van der Waals surface area contributed by atoms with E-state index in [0.717, 1.165) is 16.5 Å². The van der Waals surface area contributed by atoms with Crippen LogP contribution in [0.4, 0.5) is 0 Å². The van der Waals surface area contributed by atoms with Crippen molar-refractivity contribution in [3.8, 4) is 11.3 Å². The van der Waals surface area contributed by atoms with Crippen LogP contribution in [0.25, 0.3) is 22.2 Å². The summed E-state index contributed by atoms with van der Waals surface area (Å²) in [5, 5.41) is 0.773. The molecule has 1 N–H and O–H groups in total. The Morgan fingerprint density at radius 3 is 2.35 bits per heavy atom. The molecule has 0 bridgehead atoms. The number of ketones is 1. The number of H-pyrrole nitrogens is 1. The Labute approximate surface area is 182 Å². The third kappa shape index (κ3) is 4.20. The summed E-state index contributed by atoms with van der Waals surface area (Å²) in [6.45, 7) is 1.37. The molecule has 0 amide bonds. The van der Waals surface area contributed by atoms with Gasteiger partial charge < -0.3 is 9.72 Å². The molecule has 0 saturated heterocycles. The van der Waals surface area contributed by atoms with E-state index in [9.17, 15) is 13.8 Å². The number of hydrogen-bond acceptors (Lipinski definition) is 4. The quantitative estimate of drug-likeness (QED) is 0.330. The summed E-state index contributed by atoms with van der Waals surface area (Å²) in [5.74, 6) is -0.579. The van der Waals surface area contributed by atoms with E-state index in [1.807, 2.05) is 54.6 Å². The maximum Gasteiger partial charge on any atom is 0.339 e. The summed E-state index contributed by atoms with van der Waals surface area (Å²) in [6.07, 6.45) is 0. The highest BCUT2D eigenvalue weighted by molar-refractivity contribution is 7.85. The van der Waals surface area contributed by atoms with Gasteiger partial charge in [0.2, 0.25) is 5.78 Å². The van der Waals surface area contributed by atoms with E-state index in [-0.39, 0.29) is 11.3 Å². The second-order valence-electron chi connectivity index (χ2n) is 6.92. The van der Waals surface area contributed by atoms with E-state index in [4.69, 9.17) is 4.74 Å². The van der Waals surface area contributed by atoms with Crippen LogP contribution in [-0.2, 0) is 15.5 Å². The molecule has 1 heterocycles. The van der Waals surface area contributed by atoms with Crippen molar-refractivity contribution in [1.82, 2.24) is 4.98 Å². The molecule has 31 heavy (non-hydrogen) atoms. The number of hydrogen-bond donors (Lipinski definition) is 1. The van der Waals surface area contributed by atoms with Crippen LogP contribution < -0.4 is 0 Å². The standard InChI is InChI=1S/C25H21NO4S/c1-2-31(29)22-15-9-7-13-19(22)25(28)30-16-21(27)23-18-12-6-8-14-20(18)26-24(23)17-10-4-3-5-11-17/h3-15,26H,2,16H2,1H3/t31-/m1/s1. The van der Waals surface area contributed by atoms with Gasteiger partial charge in [0, 0.05) is 16.7 Å². The molecule has 6 heteroatoms. The van der Waals surface area contributed by atoms with E-state index in [0.29, 0.717) is 21.9 Å². The largest absolute Gasteiger partial charge is 0.454 e. The number of nitrogens with one attached hydrogen (secondary N) is 1. The summed E-state index contributed by atoms with van der Waals surface area (Å²) >= 11 is 0. The predicted octanol–water partition coefficient (Wildman–Crippen LogP) is 5.00. The topological polar surface area (TPSA) is 76.2 Å². The fourth-order valence-electron chi connectivity index (χ4n) is 3.52. The average molecular weight is 432 g/mol. The highest BCUT2D eigenvalue weighted by Crippen LogP contribution is 2.30. The Kier molecular flexibility index (Phi) is 6.09. The second-order valence-corrected chi connectivity index (χ2v) is 8.62. The van der Waals surface area contributed by atoms with Gasteiger partial charge in [-0.25, -0.2) is 4.79 Å². The minimum Gasteiger partial charge on any atom is -0.454 e. The Hall–Kier alpha value is -3.51. The number of esters is 1. The number of rotatable bonds is 7. The molecule has 156 valence electrons. The molecular formula is C25H21NO4S. The lowest BCUT2D eigenvalue weighted by Crippen LogP contribution is -2.16. The molecule has 4 aromatic rings. The SMILES string of the molecule is CC[S@@](=O)c1ccccc1C(=O)OCC(=O)c1c(-c2ccccc2)[nH]c2ccccc12. The molecule has 1 atom stereocenters. The van der Waals surface area contributed by atoms with E-state index in [1.165, 1.54) is 0 Å². The Balaban J connectivity index is 1.63. The number of aromatic nitrogens is 1. The van der Waals surface area contributed by atoms with E-state index in [2.05, 4.69) is 4.98 Å². The maximum absolute atomic E-state index is 13.2. The number of para-hydroxylation sites is 1. The summed E-state index contributed by atoms with van der Waals surface area (Å²) in [6, 6.07) is 23.7. The van der Waals surface area contributed by atoms with Gasteiger partial charge in [0.15, 0.2) is 6.61 Å². The highest BCUT2D eigenvalue weighted by atomic mass is 32.2. The molecule has 1 aromatic heterocycles. The van der Waals surface area contributed by atoms with E-state index >= 15 is 0 Å². The van der Waals surface area contributed by atoms with Gasteiger partial charge in [0.1, 0.15) is 0 Å². The van der Waals surface area contributed by atoms with E-state index in [1.54, 1.807) is 31.2 Å². The van der Waals surface area contributed by atoms with Gasteiger partial charge in [0.25, 0.3) is 0 Å². The summed E-state index contributed by atoms with van der Waals surface area (Å²) in [4.78, 5) is 29.6. The number of carbonyl (C=O) groups excluding carboxylic acids is 2. The molecule has 0 aliphatic heterocycles. The fourth-order valence-corrected chi connectivity index (χ4v) is 4.46. The van der Waals surface area contributed by atoms with Gasteiger partial charge in [0.05, 0.1) is 32.5 Å². The van der Waals surface area contributed by atoms with Crippen molar-refractivity contribution in [3.63, 3.8) is 0 Å². The van der Waals surface area contributed by atoms with Crippen molar-refractivity contribution in [2.75, 3.05) is 12.4 Å². The number of fused-ring (bicyclic) bond motifs is 1. The predicted molar refractivity (Wildman–Crippen MR) is 122 cm³/mol. The molecule has 0 aliphatic rings. The zero-order chi connectivity index (χ0) is 21.8. The van der Waals surface area contributed by atoms with Gasteiger partial charge in [-0.05, 0) is 23.8 Å². The van der Waals surface area contributed by atoms with Crippen LogP contribution in [-0.4, -0.2) is 33.3 Å². The van der Waals surface area contributed by atoms with Crippen LogP contribution in [0.15, 0.2) is 83.8 Å². The van der Waals surface area contributed by atoms with Crippen LogP contribution in [0.1, 0.15) is 27.6 Å². The molecule has 0 aliphatic carbocycles. The first-order chi connectivity index (χ1) is 15.1. The summed E-state index contributed by atoms with van der Waals surface area (Å²) < 4.78 is 17.6. The van der Waals surface area contributed by atoms with Gasteiger partial charge in [-0.2, -0.15) is 0 Å². The molecule has 0 spiro atoms. The smallest absolute Gasteiger partial charge is 0.339 e. The summed E-state index contributed by atoms with van der Waals surface area (Å²) in [7, 11) is -1.30. The van der Waals surface area contributed by atoms with Gasteiger partial charge >= 0.3 is 5.97 Å². The van der Waals surface area contributed by atoms with Gasteiger partial charge in [-0.1, -0.05) is 67.6 Å². The number of carbonyl (C=O) groups is 2. The van der Waals surface area contributed by atoms with Gasteiger partial charge in [-0.3, -0.25) is 9.00 Å². The van der Waals surface area contributed by atoms with Crippen LogP contribution in [0.3, 0.4) is 0 Å². The molecule has 4 rings (SSSR count). The fraction of sp³-hybridized carbons (Fsp3) is 0.120. The first-order valence-corrected chi connectivity index (χ1v) is 11.3. The number of Topliss-reactive ketones (excluding diaryl/α,β-unsaturated/α-hetero) is 1. The van der Waals surface area contributed by atoms with Crippen molar-refractivity contribution in [3.05, 3.63) is 90.0 Å². The van der Waals surface area contributed by atoms with Crippen LogP contribution >= 0.6 is 0 Å². The minimum absolute atomic E-state index is 0.220. The lowest BCUT2D eigenvalue weighted by Gasteiger charge is -2.09. The van der Waals surface area contributed by atoms with E-state index < -0.39 is 23.4 Å². The number of aromatic amines is 1. The van der Waals surface area contributed by atoms with Crippen LogP contribution in [0.2, 0.25) is 0 Å². The van der Waals surface area contributed by atoms with Crippen LogP contribution in [0.5, 0.6) is 0 Å². The monoisotopic (exact) mass is 431 g/mol. The van der Waals surface area contributed by atoms with Gasteiger partial charge in [-0.15, -0.1) is 0 Å². The lowest BCUT2D eigenvalue weighted by atomic mass is 10.0. The number of benzene rings is 3. The first-order valence-electron chi connectivity index (χ1n) is 9.94. The zero-order valence-electron chi connectivity index (χ0n) is 17.0. The Morgan fingerprint density at radius 1 is 0.903 bits per heavy atom. The highest BCUT2D eigenvalue weighted by Gasteiger charge is 2.22. The third-order valence-electron chi connectivity index (χ3n) is 5.00. The molecule has 0 radical (unpaired) electrons. The van der Waals surface area contributed by atoms with Crippen molar-refractivity contribution in [2.45, 2.75) is 11.8 Å². The second kappa shape index (κ2) is 9.10. The first kappa shape index (κ1) is 20.8. The molecule has 5 nitrogen and oxygen atoms in total. The molecule has 3 aromatic carbocycles. The molecule has 0 saturated carbocycles. The van der Waals surface area contributed by atoms with Crippen molar-refractivity contribution in [1.29, 1.82) is 0 Å². The Morgan fingerprint density at radius 2 is 1.58 bits per heavy atom. The zero-order valence-corrected chi connectivity index (χ0v) is 17.8. The lowest BCUT2D eigenvalue weighted by molar-refractivity contribution is 0.0471. The molecule has 0 unspecified atom stereocenters. The Bertz CT molecular complexity index is 1280. The van der Waals surface area contributed by atoms with Crippen LogP contribution in [0, 0.1) is 0 Å². The third-order valence-corrected chi connectivity index (χ3v) is 6.37. The van der Waals surface area contributed by atoms with Crippen molar-refractivity contribution >= 4 is 33.5 Å². The normalized spacial score (nSPS) is 11.9. The van der Waals surface area contributed by atoms with Crippen molar-refractivity contribution in [2.24, 2.45) is 0 Å². The summed E-state index contributed by atoms with van der Waals surface area (Å²) in [5.41, 5.74) is 3.10. The molecular weight excluding hydrogens is 410 g/mol. The number of ether oxygens (including phenoxy) is 1. The minimum atomic E-state index is -1.30. The maximum atomic E-state index is 13.2. The average Bonchev–Trinajstić information content (AvgIpc) is 3.22. The molecule has 0 fully saturated rings. The van der Waals surface area contributed by atoms with Crippen molar-refractivity contribution < 1.29 is 18.5 Å².